The summed E-state index contributed by atoms with van der Waals surface area (Å²) >= 11 is 0. The van der Waals surface area contributed by atoms with Gasteiger partial charge in [0.2, 0.25) is 12.3 Å². The third-order valence-corrected chi connectivity index (χ3v) is 2.78. The summed E-state index contributed by atoms with van der Waals surface area (Å²) < 4.78 is 0. The number of aromatic hydroxyl groups is 1. The number of anilines is 2. The summed E-state index contributed by atoms with van der Waals surface area (Å²) in [5.41, 5.74) is 5.55. The molecule has 112 valence electrons. The summed E-state index contributed by atoms with van der Waals surface area (Å²) in [4.78, 5) is 37.4. The molecule has 0 spiro atoms. The average molecular weight is 300 g/mol. The number of nitrogens with zero attached hydrogens (tertiary/aromatic N) is 1. The number of phenols is 1. The van der Waals surface area contributed by atoms with E-state index in [-0.39, 0.29) is 28.4 Å². The normalized spacial score (nSPS) is 9.82. The number of primary amides is 1. The molecule has 0 fully saturated rings. The van der Waals surface area contributed by atoms with Crippen molar-refractivity contribution in [2.24, 2.45) is 5.73 Å². The molecule has 0 radical (unpaired) electrons. The second-order valence-electron chi connectivity index (χ2n) is 4.21. The summed E-state index contributed by atoms with van der Waals surface area (Å²) in [6.07, 6.45) is 1.59. The first-order valence-corrected chi connectivity index (χ1v) is 6.12. The van der Waals surface area contributed by atoms with Crippen LogP contribution in [0.4, 0.5) is 11.4 Å². The van der Waals surface area contributed by atoms with Crippen molar-refractivity contribution in [3.05, 3.63) is 47.8 Å². The number of carbonyl (C=O) groups is 3. The Morgan fingerprint density at radius 2 is 2.00 bits per heavy atom. The fourth-order valence-corrected chi connectivity index (χ4v) is 1.71. The first-order chi connectivity index (χ1) is 10.5. The van der Waals surface area contributed by atoms with E-state index in [1.54, 1.807) is 0 Å². The number of carbonyl (C=O) groups excluding carboxylic acids is 3. The predicted octanol–water partition coefficient (Wildman–Crippen LogP) is 0.707. The topological polar surface area (TPSA) is 134 Å². The number of hydrogen-bond acceptors (Lipinski definition) is 5. The molecule has 8 nitrogen and oxygen atoms in total. The monoisotopic (exact) mass is 300 g/mol. The van der Waals surface area contributed by atoms with Crippen LogP contribution in [-0.4, -0.2) is 28.3 Å². The SMILES string of the molecule is NC(=O)c1ccc(C(=O)Nc2c(O)cccc2NC=O)nc1. The lowest BCUT2D eigenvalue weighted by atomic mass is 10.2. The van der Waals surface area contributed by atoms with Gasteiger partial charge in [-0.1, -0.05) is 6.07 Å². The van der Waals surface area contributed by atoms with E-state index >= 15 is 0 Å². The Morgan fingerprint density at radius 1 is 1.23 bits per heavy atom. The number of rotatable bonds is 5. The molecule has 0 aliphatic carbocycles. The molecule has 8 heteroatoms. The molecular formula is C14H12N4O4. The first-order valence-electron chi connectivity index (χ1n) is 6.12. The molecular weight excluding hydrogens is 288 g/mol. The second-order valence-corrected chi connectivity index (χ2v) is 4.21. The number of benzene rings is 1. The van der Waals surface area contributed by atoms with E-state index in [9.17, 15) is 19.5 Å². The maximum atomic E-state index is 12.1. The quantitative estimate of drug-likeness (QED) is 0.476. The number of amides is 3. The number of phenolic OH excluding ortho intramolecular Hbond substituents is 1. The van der Waals surface area contributed by atoms with Gasteiger partial charge in [-0.3, -0.25) is 19.4 Å². The second kappa shape index (κ2) is 6.35. The van der Waals surface area contributed by atoms with Gasteiger partial charge in [-0.05, 0) is 24.3 Å². The van der Waals surface area contributed by atoms with Crippen molar-refractivity contribution in [3.8, 4) is 5.75 Å². The number of nitrogens with two attached hydrogens (primary N) is 1. The predicted molar refractivity (Wildman–Crippen MR) is 78.5 cm³/mol. The standard InChI is InChI=1S/C14H12N4O4/c15-13(21)8-4-5-10(16-6-8)14(22)18-12-9(17-7-19)2-1-3-11(12)20/h1-7,20H,(H2,15,21)(H,17,19)(H,18,22). The Hall–Kier alpha value is -3.42. The minimum atomic E-state index is -0.655. The highest BCUT2D eigenvalue weighted by Crippen LogP contribution is 2.31. The molecule has 3 amide bonds. The molecule has 0 aliphatic rings. The zero-order chi connectivity index (χ0) is 16.1. The third-order valence-electron chi connectivity index (χ3n) is 2.78. The minimum absolute atomic E-state index is 0.0188. The fraction of sp³-hybridized carbons (Fsp3) is 0. The van der Waals surface area contributed by atoms with Crippen LogP contribution in [0.25, 0.3) is 0 Å². The van der Waals surface area contributed by atoms with Crippen LogP contribution in [0.2, 0.25) is 0 Å². The van der Waals surface area contributed by atoms with Crippen LogP contribution >= 0.6 is 0 Å². The van der Waals surface area contributed by atoms with Gasteiger partial charge in [0.05, 0.1) is 11.3 Å². The molecule has 0 aliphatic heterocycles. The summed E-state index contributed by atoms with van der Waals surface area (Å²) in [6.45, 7) is 0. The minimum Gasteiger partial charge on any atom is -0.506 e. The van der Waals surface area contributed by atoms with Crippen molar-refractivity contribution in [1.29, 1.82) is 0 Å². The maximum Gasteiger partial charge on any atom is 0.274 e. The van der Waals surface area contributed by atoms with Crippen molar-refractivity contribution in [3.63, 3.8) is 0 Å². The van der Waals surface area contributed by atoms with Crippen LogP contribution in [-0.2, 0) is 4.79 Å². The molecule has 2 aromatic rings. The molecule has 2 rings (SSSR count). The lowest BCUT2D eigenvalue weighted by Gasteiger charge is -2.11. The lowest BCUT2D eigenvalue weighted by molar-refractivity contribution is -0.105. The highest BCUT2D eigenvalue weighted by molar-refractivity contribution is 6.06. The molecule has 0 unspecified atom stereocenters. The van der Waals surface area contributed by atoms with E-state index in [0.717, 1.165) is 0 Å². The van der Waals surface area contributed by atoms with Gasteiger partial charge in [0, 0.05) is 6.20 Å². The number of hydrogen-bond donors (Lipinski definition) is 4. The van der Waals surface area contributed by atoms with Gasteiger partial charge in [-0.25, -0.2) is 0 Å². The highest BCUT2D eigenvalue weighted by atomic mass is 16.3. The Kier molecular flexibility index (Phi) is 4.33. The number of nitrogens with one attached hydrogen (secondary N) is 2. The van der Waals surface area contributed by atoms with Gasteiger partial charge in [-0.15, -0.1) is 0 Å². The summed E-state index contributed by atoms with van der Waals surface area (Å²) in [6, 6.07) is 7.06. The summed E-state index contributed by atoms with van der Waals surface area (Å²) in [5, 5.41) is 14.6. The van der Waals surface area contributed by atoms with Crippen molar-refractivity contribution in [1.82, 2.24) is 4.98 Å². The van der Waals surface area contributed by atoms with Gasteiger partial charge in [0.15, 0.2) is 0 Å². The average Bonchev–Trinajstić information content (AvgIpc) is 2.51. The van der Waals surface area contributed by atoms with Crippen LogP contribution in [0, 0.1) is 0 Å². The number of aromatic nitrogens is 1. The fourth-order valence-electron chi connectivity index (χ4n) is 1.71. The Labute approximate surface area is 125 Å². The van der Waals surface area contributed by atoms with Crippen LogP contribution < -0.4 is 16.4 Å². The lowest BCUT2D eigenvalue weighted by Crippen LogP contribution is -2.16. The Morgan fingerprint density at radius 3 is 2.59 bits per heavy atom. The van der Waals surface area contributed by atoms with Gasteiger partial charge < -0.3 is 21.5 Å². The molecule has 22 heavy (non-hydrogen) atoms. The van der Waals surface area contributed by atoms with Crippen molar-refractivity contribution in [2.75, 3.05) is 10.6 Å². The van der Waals surface area contributed by atoms with Gasteiger partial charge in [-0.2, -0.15) is 0 Å². The zero-order valence-corrected chi connectivity index (χ0v) is 11.2. The Bertz CT molecular complexity index is 728. The molecule has 1 heterocycles. The van der Waals surface area contributed by atoms with Crippen molar-refractivity contribution < 1.29 is 19.5 Å². The van der Waals surface area contributed by atoms with Gasteiger partial charge in [0.25, 0.3) is 5.91 Å². The van der Waals surface area contributed by atoms with E-state index < -0.39 is 11.8 Å². The molecule has 0 atom stereocenters. The zero-order valence-electron chi connectivity index (χ0n) is 11.2. The molecule has 1 aromatic heterocycles. The molecule has 0 saturated heterocycles. The first kappa shape index (κ1) is 15.0. The molecule has 5 N–H and O–H groups in total. The molecule has 1 aromatic carbocycles. The van der Waals surface area contributed by atoms with Crippen molar-refractivity contribution >= 4 is 29.6 Å². The summed E-state index contributed by atoms with van der Waals surface area (Å²) in [7, 11) is 0. The van der Waals surface area contributed by atoms with E-state index in [1.165, 1.54) is 36.5 Å². The number of pyridine rings is 1. The van der Waals surface area contributed by atoms with E-state index in [4.69, 9.17) is 5.73 Å². The van der Waals surface area contributed by atoms with Gasteiger partial charge in [0.1, 0.15) is 17.1 Å². The van der Waals surface area contributed by atoms with Crippen LogP contribution in [0.5, 0.6) is 5.75 Å². The third kappa shape index (κ3) is 3.18. The van der Waals surface area contributed by atoms with E-state index in [0.29, 0.717) is 6.41 Å². The van der Waals surface area contributed by atoms with Crippen LogP contribution in [0.1, 0.15) is 20.8 Å². The smallest absolute Gasteiger partial charge is 0.274 e. The molecule has 0 bridgehead atoms. The van der Waals surface area contributed by atoms with Crippen molar-refractivity contribution in [2.45, 2.75) is 0 Å². The van der Waals surface area contributed by atoms with E-state index in [2.05, 4.69) is 15.6 Å². The maximum absolute atomic E-state index is 12.1. The Balaban J connectivity index is 2.25. The molecule has 0 saturated carbocycles. The van der Waals surface area contributed by atoms with E-state index in [1.807, 2.05) is 0 Å². The largest absolute Gasteiger partial charge is 0.506 e. The van der Waals surface area contributed by atoms with Crippen LogP contribution in [0.15, 0.2) is 36.5 Å². The number of para-hydroxylation sites is 1. The highest BCUT2D eigenvalue weighted by Gasteiger charge is 2.14. The summed E-state index contributed by atoms with van der Waals surface area (Å²) in [5.74, 6) is -1.49. The van der Waals surface area contributed by atoms with Crippen LogP contribution in [0.3, 0.4) is 0 Å². The van der Waals surface area contributed by atoms with Gasteiger partial charge >= 0.3 is 0 Å².